The van der Waals surface area contributed by atoms with Crippen LogP contribution < -0.4 is 0 Å². The Kier molecular flexibility index (Phi) is 5.30. The molecule has 3 aromatic carbocycles. The van der Waals surface area contributed by atoms with Gasteiger partial charge in [-0.15, -0.1) is 0 Å². The Morgan fingerprint density at radius 2 is 1.62 bits per heavy atom. The summed E-state index contributed by atoms with van der Waals surface area (Å²) in [5, 5.41) is 0.916. The number of aryl methyl sites for hydroxylation is 1. The molecular weight excluding hydrogens is 398 g/mol. The summed E-state index contributed by atoms with van der Waals surface area (Å²) in [6, 6.07) is 28.0. The normalized spacial score (nSPS) is 11.0. The first-order valence-electron chi connectivity index (χ1n) is 10.6. The van der Waals surface area contributed by atoms with Gasteiger partial charge in [-0.3, -0.25) is 4.79 Å². The van der Waals surface area contributed by atoms with E-state index in [1.165, 1.54) is 5.56 Å². The van der Waals surface area contributed by atoms with Gasteiger partial charge in [0.15, 0.2) is 5.76 Å². The van der Waals surface area contributed by atoms with Crippen LogP contribution in [-0.2, 0) is 13.1 Å². The maximum absolute atomic E-state index is 13.4. The molecule has 1 amide bonds. The number of H-pyrrole nitrogens is 1. The Morgan fingerprint density at radius 1 is 0.906 bits per heavy atom. The van der Waals surface area contributed by atoms with Crippen LogP contribution in [0.4, 0.5) is 0 Å². The van der Waals surface area contributed by atoms with E-state index in [9.17, 15) is 4.79 Å². The summed E-state index contributed by atoms with van der Waals surface area (Å²) < 4.78 is 5.86. The molecule has 0 radical (unpaired) electrons. The van der Waals surface area contributed by atoms with Gasteiger partial charge in [-0.1, -0.05) is 72.8 Å². The summed E-state index contributed by atoms with van der Waals surface area (Å²) in [7, 11) is 0. The van der Waals surface area contributed by atoms with Crippen molar-refractivity contribution in [3.05, 3.63) is 114 Å². The first-order chi connectivity index (χ1) is 15.7. The van der Waals surface area contributed by atoms with Crippen molar-refractivity contribution in [2.45, 2.75) is 20.0 Å². The monoisotopic (exact) mass is 421 g/mol. The van der Waals surface area contributed by atoms with Crippen LogP contribution in [0.1, 0.15) is 27.5 Å². The van der Waals surface area contributed by atoms with E-state index in [1.807, 2.05) is 49.4 Å². The maximum Gasteiger partial charge on any atom is 0.290 e. The minimum absolute atomic E-state index is 0.157. The summed E-state index contributed by atoms with van der Waals surface area (Å²) >= 11 is 0. The van der Waals surface area contributed by atoms with Gasteiger partial charge in [0.05, 0.1) is 18.6 Å². The summed E-state index contributed by atoms with van der Waals surface area (Å²) in [4.78, 5) is 22.7. The van der Waals surface area contributed by atoms with E-state index in [-0.39, 0.29) is 5.91 Å². The number of carbonyl (C=O) groups excluding carboxylic acids is 1. The van der Waals surface area contributed by atoms with E-state index in [0.717, 1.165) is 27.9 Å². The van der Waals surface area contributed by atoms with E-state index in [1.54, 1.807) is 17.3 Å². The van der Waals surface area contributed by atoms with Crippen LogP contribution >= 0.6 is 0 Å². The fourth-order valence-corrected chi connectivity index (χ4v) is 3.82. The van der Waals surface area contributed by atoms with Crippen LogP contribution in [0.2, 0.25) is 0 Å². The molecule has 0 bridgehead atoms. The molecule has 5 nitrogen and oxygen atoms in total. The van der Waals surface area contributed by atoms with Gasteiger partial charge in [-0.2, -0.15) is 0 Å². The van der Waals surface area contributed by atoms with Gasteiger partial charge in [0.2, 0.25) is 0 Å². The van der Waals surface area contributed by atoms with Crippen molar-refractivity contribution >= 4 is 16.9 Å². The van der Waals surface area contributed by atoms with Crippen molar-refractivity contribution in [3.63, 3.8) is 0 Å². The number of nitrogens with one attached hydrogen (secondary N) is 1. The number of aromatic nitrogens is 2. The standard InChI is InChI=1S/C27H23N3O2/c1-19-24(29-18-28-19)17-30(27(31)26-15-23-9-5-6-10-25(23)32-26)16-20-11-13-22(14-12-20)21-7-3-2-4-8-21/h2-15,18H,16-17H2,1H3,(H,28,29). The molecule has 1 N–H and O–H groups in total. The maximum atomic E-state index is 13.4. The molecule has 0 fully saturated rings. The number of amides is 1. The number of nitrogens with zero attached hydrogens (tertiary/aromatic N) is 2. The number of benzene rings is 3. The van der Waals surface area contributed by atoms with Gasteiger partial charge in [0.1, 0.15) is 5.58 Å². The largest absolute Gasteiger partial charge is 0.451 e. The molecule has 0 atom stereocenters. The van der Waals surface area contributed by atoms with Crippen LogP contribution in [0, 0.1) is 6.92 Å². The number of para-hydroxylation sites is 1. The highest BCUT2D eigenvalue weighted by Gasteiger charge is 2.22. The third-order valence-corrected chi connectivity index (χ3v) is 5.63. The second-order valence-corrected chi connectivity index (χ2v) is 7.85. The number of fused-ring (bicyclic) bond motifs is 1. The first-order valence-corrected chi connectivity index (χ1v) is 10.6. The quantitative estimate of drug-likeness (QED) is 0.367. The summed E-state index contributed by atoms with van der Waals surface area (Å²) in [6.45, 7) is 2.81. The van der Waals surface area contributed by atoms with Crippen LogP contribution in [-0.4, -0.2) is 20.8 Å². The van der Waals surface area contributed by atoms with Crippen LogP contribution in [0.25, 0.3) is 22.1 Å². The number of hydrogen-bond donors (Lipinski definition) is 1. The van der Waals surface area contributed by atoms with Gasteiger partial charge in [0.25, 0.3) is 5.91 Å². The molecule has 0 aliphatic rings. The minimum Gasteiger partial charge on any atom is -0.451 e. The van der Waals surface area contributed by atoms with Gasteiger partial charge in [0, 0.05) is 17.6 Å². The minimum atomic E-state index is -0.157. The molecule has 0 aliphatic carbocycles. The van der Waals surface area contributed by atoms with Gasteiger partial charge < -0.3 is 14.3 Å². The lowest BCUT2D eigenvalue weighted by atomic mass is 10.0. The third kappa shape index (κ3) is 4.05. The zero-order valence-corrected chi connectivity index (χ0v) is 17.8. The smallest absolute Gasteiger partial charge is 0.290 e. The van der Waals surface area contributed by atoms with Gasteiger partial charge in [-0.05, 0) is 35.7 Å². The van der Waals surface area contributed by atoms with E-state index < -0.39 is 0 Å². The van der Waals surface area contributed by atoms with Crippen molar-refractivity contribution < 1.29 is 9.21 Å². The molecular formula is C27H23N3O2. The molecule has 158 valence electrons. The zero-order valence-electron chi connectivity index (χ0n) is 17.8. The molecule has 0 saturated carbocycles. The average molecular weight is 422 g/mol. The number of rotatable bonds is 6. The highest BCUT2D eigenvalue weighted by atomic mass is 16.3. The van der Waals surface area contributed by atoms with Gasteiger partial charge in [-0.25, -0.2) is 4.98 Å². The predicted octanol–water partition coefficient (Wildman–Crippen LogP) is 5.97. The van der Waals surface area contributed by atoms with E-state index in [0.29, 0.717) is 24.4 Å². The number of aromatic amines is 1. The molecule has 0 aliphatic heterocycles. The number of carbonyl (C=O) groups is 1. The lowest BCUT2D eigenvalue weighted by Crippen LogP contribution is -2.30. The topological polar surface area (TPSA) is 62.1 Å². The van der Waals surface area contributed by atoms with Crippen LogP contribution in [0.3, 0.4) is 0 Å². The number of furan rings is 1. The van der Waals surface area contributed by atoms with E-state index >= 15 is 0 Å². The lowest BCUT2D eigenvalue weighted by Gasteiger charge is -2.21. The molecule has 5 aromatic rings. The van der Waals surface area contributed by atoms with Crippen molar-refractivity contribution in [1.29, 1.82) is 0 Å². The Morgan fingerprint density at radius 3 is 2.34 bits per heavy atom. The Hall–Kier alpha value is -4.12. The molecule has 0 unspecified atom stereocenters. The molecule has 2 heterocycles. The molecule has 2 aromatic heterocycles. The number of hydrogen-bond acceptors (Lipinski definition) is 3. The van der Waals surface area contributed by atoms with Crippen LogP contribution in [0.15, 0.2) is 95.7 Å². The second kappa shape index (κ2) is 8.55. The molecule has 32 heavy (non-hydrogen) atoms. The molecule has 5 rings (SSSR count). The lowest BCUT2D eigenvalue weighted by molar-refractivity contribution is 0.0698. The Balaban J connectivity index is 1.43. The Labute approximate surface area is 186 Å². The SMILES string of the molecule is Cc1[nH]cnc1CN(Cc1ccc(-c2ccccc2)cc1)C(=O)c1cc2ccccc2o1. The summed E-state index contributed by atoms with van der Waals surface area (Å²) in [5.74, 6) is 0.177. The Bertz CT molecular complexity index is 1320. The fourth-order valence-electron chi connectivity index (χ4n) is 3.82. The average Bonchev–Trinajstić information content (AvgIpc) is 3.45. The summed E-state index contributed by atoms with van der Waals surface area (Å²) in [6.07, 6.45) is 1.66. The van der Waals surface area contributed by atoms with Crippen LogP contribution in [0.5, 0.6) is 0 Å². The van der Waals surface area contributed by atoms with E-state index in [4.69, 9.17) is 4.42 Å². The molecule has 0 spiro atoms. The zero-order chi connectivity index (χ0) is 21.9. The third-order valence-electron chi connectivity index (χ3n) is 5.63. The highest BCUT2D eigenvalue weighted by molar-refractivity contribution is 5.96. The van der Waals surface area contributed by atoms with E-state index in [2.05, 4.69) is 46.4 Å². The van der Waals surface area contributed by atoms with Crippen molar-refractivity contribution in [2.24, 2.45) is 0 Å². The second-order valence-electron chi connectivity index (χ2n) is 7.85. The number of imidazole rings is 1. The highest BCUT2D eigenvalue weighted by Crippen LogP contribution is 2.23. The van der Waals surface area contributed by atoms with Crippen molar-refractivity contribution in [3.8, 4) is 11.1 Å². The molecule has 0 saturated heterocycles. The summed E-state index contributed by atoms with van der Waals surface area (Å²) in [5.41, 5.74) is 5.86. The van der Waals surface area contributed by atoms with Crippen molar-refractivity contribution in [1.82, 2.24) is 14.9 Å². The van der Waals surface area contributed by atoms with Gasteiger partial charge >= 0.3 is 0 Å². The fraction of sp³-hybridized carbons (Fsp3) is 0.111. The van der Waals surface area contributed by atoms with Crippen molar-refractivity contribution in [2.75, 3.05) is 0 Å². The molecule has 5 heteroatoms. The first kappa shape index (κ1) is 19.8. The predicted molar refractivity (Wildman–Crippen MR) is 125 cm³/mol.